The van der Waals surface area contributed by atoms with Gasteiger partial charge in [0, 0.05) is 20.4 Å². The van der Waals surface area contributed by atoms with Crippen molar-refractivity contribution in [3.8, 4) is 22.1 Å². The van der Waals surface area contributed by atoms with Crippen LogP contribution in [0.15, 0.2) is 40.2 Å². The molecule has 3 rings (SSSR count). The van der Waals surface area contributed by atoms with Gasteiger partial charge in [-0.15, -0.1) is 16.4 Å². The summed E-state index contributed by atoms with van der Waals surface area (Å²) in [5.41, 5.74) is 2.19. The van der Waals surface area contributed by atoms with Gasteiger partial charge in [-0.05, 0) is 53.2 Å². The molecule has 0 aliphatic rings. The summed E-state index contributed by atoms with van der Waals surface area (Å²) in [6.45, 7) is 1.78. The molecule has 2 aromatic heterocycles. The number of hydrogen-bond acceptors (Lipinski definition) is 4. The molecule has 0 fully saturated rings. The number of hydrogen-bond donors (Lipinski definition) is 1. The number of benzene rings is 1. The summed E-state index contributed by atoms with van der Waals surface area (Å²) in [6.07, 6.45) is -1.40. The summed E-state index contributed by atoms with van der Waals surface area (Å²) in [5.74, 6) is 0.0620. The number of halogens is 2. The second-order valence-corrected chi connectivity index (χ2v) is 6.93. The largest absolute Gasteiger partial charge is 0.512 e. The number of rotatable bonds is 3. The van der Waals surface area contributed by atoms with Crippen LogP contribution in [0.5, 0.6) is 5.88 Å². The van der Waals surface area contributed by atoms with E-state index in [1.54, 1.807) is 23.7 Å². The highest BCUT2D eigenvalue weighted by atomic mass is 79.9. The fourth-order valence-corrected chi connectivity index (χ4v) is 3.79. The van der Waals surface area contributed by atoms with Crippen LogP contribution in [0.2, 0.25) is 5.02 Å². The molecule has 0 aliphatic heterocycles. The number of thiophene rings is 1. The normalized spacial score (nSPS) is 10.7. The second kappa shape index (κ2) is 6.35. The number of carboxylic acid groups (broad SMARTS) is 1. The zero-order valence-corrected chi connectivity index (χ0v) is 14.9. The molecule has 5 nitrogen and oxygen atoms in total. The quantitative estimate of drug-likeness (QED) is 0.585. The van der Waals surface area contributed by atoms with E-state index in [-0.39, 0.29) is 5.88 Å². The Morgan fingerprint density at radius 2 is 2.09 bits per heavy atom. The van der Waals surface area contributed by atoms with Crippen molar-refractivity contribution in [2.75, 3.05) is 0 Å². The molecule has 0 radical (unpaired) electrons. The molecule has 0 saturated carbocycles. The summed E-state index contributed by atoms with van der Waals surface area (Å²) >= 11 is 10.9. The maximum atomic E-state index is 10.9. The summed E-state index contributed by atoms with van der Waals surface area (Å²) in [6, 6.07) is 9.07. The van der Waals surface area contributed by atoms with Gasteiger partial charge >= 0.3 is 6.16 Å². The van der Waals surface area contributed by atoms with Crippen molar-refractivity contribution in [2.24, 2.45) is 0 Å². The molecule has 0 amide bonds. The van der Waals surface area contributed by atoms with Crippen molar-refractivity contribution in [1.29, 1.82) is 0 Å². The van der Waals surface area contributed by atoms with E-state index >= 15 is 0 Å². The van der Waals surface area contributed by atoms with E-state index in [2.05, 4.69) is 21.0 Å². The highest BCUT2D eigenvalue weighted by Crippen LogP contribution is 2.37. The van der Waals surface area contributed by atoms with Crippen LogP contribution < -0.4 is 4.74 Å². The fourth-order valence-electron chi connectivity index (χ4n) is 2.15. The lowest BCUT2D eigenvalue weighted by Crippen LogP contribution is -2.05. The van der Waals surface area contributed by atoms with Crippen molar-refractivity contribution in [3.63, 3.8) is 0 Å². The van der Waals surface area contributed by atoms with Crippen LogP contribution in [0.25, 0.3) is 16.3 Å². The molecule has 0 unspecified atom stereocenters. The van der Waals surface area contributed by atoms with Gasteiger partial charge in [0.25, 0.3) is 0 Å². The molecular formula is C15H10BrClN2O3S. The van der Waals surface area contributed by atoms with E-state index in [1.165, 1.54) is 11.3 Å². The molecule has 3 aromatic rings. The maximum absolute atomic E-state index is 10.9. The number of aromatic nitrogens is 2. The Morgan fingerprint density at radius 1 is 1.39 bits per heavy atom. The Balaban J connectivity index is 2.20. The average Bonchev–Trinajstić information content (AvgIpc) is 3.04. The molecule has 0 bridgehead atoms. The van der Waals surface area contributed by atoms with Crippen molar-refractivity contribution in [1.82, 2.24) is 9.78 Å². The fraction of sp³-hybridized carbons (Fsp3) is 0.0667. The zero-order chi connectivity index (χ0) is 16.6. The molecule has 118 valence electrons. The summed E-state index contributed by atoms with van der Waals surface area (Å²) in [5, 5.41) is 15.7. The van der Waals surface area contributed by atoms with Crippen LogP contribution in [0.4, 0.5) is 4.79 Å². The highest BCUT2D eigenvalue weighted by molar-refractivity contribution is 9.10. The van der Waals surface area contributed by atoms with Crippen LogP contribution in [0.3, 0.4) is 0 Å². The molecule has 23 heavy (non-hydrogen) atoms. The van der Waals surface area contributed by atoms with Crippen molar-refractivity contribution in [3.05, 3.63) is 50.8 Å². The lowest BCUT2D eigenvalue weighted by atomic mass is 10.2. The van der Waals surface area contributed by atoms with E-state index in [4.69, 9.17) is 21.4 Å². The van der Waals surface area contributed by atoms with E-state index in [0.717, 1.165) is 20.7 Å². The van der Waals surface area contributed by atoms with Crippen LogP contribution in [-0.2, 0) is 0 Å². The van der Waals surface area contributed by atoms with Crippen LogP contribution >= 0.6 is 38.9 Å². The van der Waals surface area contributed by atoms with Gasteiger partial charge in [0.2, 0.25) is 5.88 Å². The molecule has 0 atom stereocenters. The Morgan fingerprint density at radius 3 is 2.65 bits per heavy atom. The Hall–Kier alpha value is -1.83. The van der Waals surface area contributed by atoms with Gasteiger partial charge in [-0.3, -0.25) is 0 Å². The third-order valence-electron chi connectivity index (χ3n) is 3.13. The third-order valence-corrected chi connectivity index (χ3v) is 5.08. The van der Waals surface area contributed by atoms with Crippen LogP contribution in [0.1, 0.15) is 5.56 Å². The lowest BCUT2D eigenvalue weighted by Gasteiger charge is -2.06. The molecule has 1 aromatic carbocycles. The topological polar surface area (TPSA) is 64.3 Å². The standard InChI is InChI=1S/C15H10BrClN2O3S/c1-8-13(12-6-9(16)7-23-12)19(18-14(8)22-15(20)21)11-4-2-10(17)3-5-11/h2-7H,1H3,(H,20,21). The molecule has 1 N–H and O–H groups in total. The monoisotopic (exact) mass is 412 g/mol. The summed E-state index contributed by atoms with van der Waals surface area (Å²) < 4.78 is 7.39. The second-order valence-electron chi connectivity index (χ2n) is 4.66. The first-order valence-corrected chi connectivity index (χ1v) is 8.51. The third kappa shape index (κ3) is 3.26. The first-order chi connectivity index (χ1) is 11.0. The molecule has 0 saturated heterocycles. The lowest BCUT2D eigenvalue weighted by molar-refractivity contribution is 0.142. The van der Waals surface area contributed by atoms with Crippen molar-refractivity contribution >= 4 is 45.0 Å². The number of ether oxygens (including phenoxy) is 1. The zero-order valence-electron chi connectivity index (χ0n) is 11.8. The molecule has 0 aliphatic carbocycles. The Bertz CT molecular complexity index is 873. The van der Waals surface area contributed by atoms with Crippen molar-refractivity contribution < 1.29 is 14.6 Å². The van der Waals surface area contributed by atoms with Crippen molar-refractivity contribution in [2.45, 2.75) is 6.92 Å². The van der Waals surface area contributed by atoms with Gasteiger partial charge in [0.15, 0.2) is 0 Å². The summed E-state index contributed by atoms with van der Waals surface area (Å²) in [4.78, 5) is 11.8. The first-order valence-electron chi connectivity index (χ1n) is 6.46. The van der Waals surface area contributed by atoms with Gasteiger partial charge in [-0.1, -0.05) is 11.6 Å². The first kappa shape index (κ1) is 16.0. The average molecular weight is 414 g/mol. The maximum Gasteiger partial charge on any atom is 0.512 e. The minimum atomic E-state index is -1.40. The van der Waals surface area contributed by atoms with Gasteiger partial charge in [-0.2, -0.15) is 0 Å². The number of carbonyl (C=O) groups is 1. The highest BCUT2D eigenvalue weighted by Gasteiger charge is 2.21. The van der Waals surface area contributed by atoms with E-state index < -0.39 is 6.16 Å². The van der Waals surface area contributed by atoms with E-state index in [1.807, 2.05) is 23.6 Å². The Kier molecular flexibility index (Phi) is 4.43. The smallest absolute Gasteiger partial charge is 0.449 e. The minimum absolute atomic E-state index is 0.0620. The van der Waals surface area contributed by atoms with Gasteiger partial charge < -0.3 is 9.84 Å². The van der Waals surface area contributed by atoms with Gasteiger partial charge in [-0.25, -0.2) is 9.48 Å². The summed E-state index contributed by atoms with van der Waals surface area (Å²) in [7, 11) is 0. The van der Waals surface area contributed by atoms with Crippen LogP contribution in [-0.4, -0.2) is 21.0 Å². The van der Waals surface area contributed by atoms with E-state index in [0.29, 0.717) is 10.6 Å². The predicted octanol–water partition coefficient (Wildman–Crippen LogP) is 5.38. The molecule has 0 spiro atoms. The molecule has 2 heterocycles. The molecular weight excluding hydrogens is 404 g/mol. The Labute approximate surface area is 149 Å². The van der Waals surface area contributed by atoms with Gasteiger partial charge in [0.1, 0.15) is 0 Å². The SMILES string of the molecule is Cc1c(OC(=O)O)nn(-c2ccc(Cl)cc2)c1-c1cc(Br)cs1. The van der Waals surface area contributed by atoms with Crippen LogP contribution in [0, 0.1) is 6.92 Å². The van der Waals surface area contributed by atoms with Gasteiger partial charge in [0.05, 0.1) is 16.3 Å². The number of nitrogens with zero attached hydrogens (tertiary/aromatic N) is 2. The molecule has 8 heteroatoms. The van der Waals surface area contributed by atoms with E-state index in [9.17, 15) is 4.79 Å². The predicted molar refractivity (Wildman–Crippen MR) is 93.0 cm³/mol. The minimum Gasteiger partial charge on any atom is -0.449 e.